The summed E-state index contributed by atoms with van der Waals surface area (Å²) in [6, 6.07) is 4.05. The first kappa shape index (κ1) is 15.1. The largest absolute Gasteiger partial charge is 0.337 e. The normalized spacial score (nSPS) is 20.2. The predicted molar refractivity (Wildman–Crippen MR) is 88.0 cm³/mol. The SMILES string of the molecule is CN1CCC(c2ccc(NC3=CN(C)NC(Cl)=C3)nn2)CC1. The smallest absolute Gasteiger partial charge is 0.153 e. The molecule has 6 nitrogen and oxygen atoms in total. The molecule has 2 N–H and O–H groups in total. The highest BCUT2D eigenvalue weighted by atomic mass is 35.5. The van der Waals surface area contributed by atoms with E-state index in [2.05, 4.69) is 39.0 Å². The van der Waals surface area contributed by atoms with Crippen LogP contribution in [0, 0.1) is 0 Å². The minimum Gasteiger partial charge on any atom is -0.337 e. The highest BCUT2D eigenvalue weighted by molar-refractivity contribution is 6.29. The summed E-state index contributed by atoms with van der Waals surface area (Å²) in [4.78, 5) is 2.36. The van der Waals surface area contributed by atoms with Gasteiger partial charge < -0.3 is 10.2 Å². The van der Waals surface area contributed by atoms with Gasteiger partial charge in [0.1, 0.15) is 5.16 Å². The molecule has 2 aliphatic rings. The van der Waals surface area contributed by atoms with E-state index in [0.29, 0.717) is 11.1 Å². The zero-order valence-electron chi connectivity index (χ0n) is 12.9. The average molecular weight is 321 g/mol. The zero-order valence-corrected chi connectivity index (χ0v) is 13.6. The van der Waals surface area contributed by atoms with Gasteiger partial charge in [-0.1, -0.05) is 11.6 Å². The Hall–Kier alpha value is -1.79. The van der Waals surface area contributed by atoms with Crippen LogP contribution in [0.1, 0.15) is 24.5 Å². The number of likely N-dealkylation sites (tertiary alicyclic amines) is 1. The second-order valence-electron chi connectivity index (χ2n) is 5.85. The number of piperidine rings is 1. The van der Waals surface area contributed by atoms with Gasteiger partial charge in [0.25, 0.3) is 0 Å². The summed E-state index contributed by atoms with van der Waals surface area (Å²) >= 11 is 6.00. The highest BCUT2D eigenvalue weighted by Crippen LogP contribution is 2.26. The molecule has 1 aromatic heterocycles. The van der Waals surface area contributed by atoms with Crippen molar-refractivity contribution in [2.24, 2.45) is 0 Å². The first-order valence-electron chi connectivity index (χ1n) is 7.48. The standard InChI is InChI=1S/C15H21ClN6/c1-21-7-5-11(6-8-21)13-3-4-15(19-18-13)17-12-9-14(16)20-22(2)10-12/h3-4,9-11,20H,5-8H2,1-2H3,(H,17,19). The quantitative estimate of drug-likeness (QED) is 0.832. The second-order valence-corrected chi connectivity index (χ2v) is 6.25. The summed E-state index contributed by atoms with van der Waals surface area (Å²) in [6.45, 7) is 2.25. The Bertz CT molecular complexity index is 574. The molecule has 0 spiro atoms. The molecule has 1 saturated heterocycles. The number of aromatic nitrogens is 2. The Morgan fingerprint density at radius 3 is 2.64 bits per heavy atom. The Labute approximate surface area is 135 Å². The van der Waals surface area contributed by atoms with Gasteiger partial charge in [0.15, 0.2) is 5.82 Å². The molecule has 0 saturated carbocycles. The molecule has 0 atom stereocenters. The Balaban J connectivity index is 1.65. The molecule has 7 heteroatoms. The number of halogens is 1. The van der Waals surface area contributed by atoms with Gasteiger partial charge in [0.05, 0.1) is 11.4 Å². The van der Waals surface area contributed by atoms with Crippen LogP contribution in [0.4, 0.5) is 5.82 Å². The van der Waals surface area contributed by atoms with Gasteiger partial charge in [-0.2, -0.15) is 5.10 Å². The van der Waals surface area contributed by atoms with Gasteiger partial charge in [-0.3, -0.25) is 10.4 Å². The number of rotatable bonds is 3. The molecule has 0 amide bonds. The van der Waals surface area contributed by atoms with E-state index in [1.54, 1.807) is 5.01 Å². The van der Waals surface area contributed by atoms with Gasteiger partial charge in [0.2, 0.25) is 0 Å². The number of nitrogens with one attached hydrogen (secondary N) is 2. The van der Waals surface area contributed by atoms with Crippen LogP contribution in [-0.4, -0.2) is 47.3 Å². The van der Waals surface area contributed by atoms with E-state index in [0.717, 1.165) is 43.1 Å². The maximum absolute atomic E-state index is 6.00. The number of allylic oxidation sites excluding steroid dienone is 1. The fourth-order valence-corrected chi connectivity index (χ4v) is 3.01. The summed E-state index contributed by atoms with van der Waals surface area (Å²) < 4.78 is 0. The Morgan fingerprint density at radius 2 is 2.00 bits per heavy atom. The summed E-state index contributed by atoms with van der Waals surface area (Å²) in [6.07, 6.45) is 6.02. The number of anilines is 1. The van der Waals surface area contributed by atoms with Crippen molar-refractivity contribution in [3.8, 4) is 0 Å². The number of hydrogen-bond donors (Lipinski definition) is 2. The van der Waals surface area contributed by atoms with Crippen LogP contribution in [0.2, 0.25) is 0 Å². The summed E-state index contributed by atoms with van der Waals surface area (Å²) in [5.41, 5.74) is 4.91. The minimum atomic E-state index is 0.524. The van der Waals surface area contributed by atoms with Crippen molar-refractivity contribution in [1.82, 2.24) is 25.5 Å². The topological polar surface area (TPSA) is 56.3 Å². The molecular weight excluding hydrogens is 300 g/mol. The van der Waals surface area contributed by atoms with Gasteiger partial charge in [-0.25, -0.2) is 0 Å². The zero-order chi connectivity index (χ0) is 15.5. The van der Waals surface area contributed by atoms with Gasteiger partial charge >= 0.3 is 0 Å². The molecule has 0 aliphatic carbocycles. The summed E-state index contributed by atoms with van der Waals surface area (Å²) in [7, 11) is 4.04. The first-order valence-corrected chi connectivity index (χ1v) is 7.85. The van der Waals surface area contributed by atoms with Gasteiger partial charge in [-0.15, -0.1) is 5.10 Å². The molecule has 0 aromatic carbocycles. The van der Waals surface area contributed by atoms with Crippen molar-refractivity contribution in [1.29, 1.82) is 0 Å². The van der Waals surface area contributed by atoms with E-state index in [1.807, 2.05) is 25.4 Å². The third-order valence-electron chi connectivity index (χ3n) is 3.99. The lowest BCUT2D eigenvalue weighted by Crippen LogP contribution is -2.31. The fourth-order valence-electron chi connectivity index (χ4n) is 2.76. The van der Waals surface area contributed by atoms with Crippen LogP contribution in [0.15, 0.2) is 35.3 Å². The van der Waals surface area contributed by atoms with E-state index in [4.69, 9.17) is 11.6 Å². The van der Waals surface area contributed by atoms with Gasteiger partial charge in [-0.05, 0) is 51.2 Å². The molecule has 22 heavy (non-hydrogen) atoms. The van der Waals surface area contributed by atoms with Crippen LogP contribution < -0.4 is 10.7 Å². The van der Waals surface area contributed by atoms with Crippen molar-refractivity contribution < 1.29 is 0 Å². The minimum absolute atomic E-state index is 0.524. The van der Waals surface area contributed by atoms with Gasteiger partial charge in [0, 0.05) is 19.2 Å². The lowest BCUT2D eigenvalue weighted by molar-refractivity contribution is 0.253. The Kier molecular flexibility index (Phi) is 4.49. The van der Waals surface area contributed by atoms with Crippen LogP contribution >= 0.6 is 11.6 Å². The Morgan fingerprint density at radius 1 is 1.23 bits per heavy atom. The number of hydrogen-bond acceptors (Lipinski definition) is 6. The lowest BCUT2D eigenvalue weighted by Gasteiger charge is -2.28. The van der Waals surface area contributed by atoms with Crippen molar-refractivity contribution in [3.05, 3.63) is 41.0 Å². The third-order valence-corrected chi connectivity index (χ3v) is 4.19. The fraction of sp³-hybridized carbons (Fsp3) is 0.467. The van der Waals surface area contributed by atoms with Crippen LogP contribution in [0.25, 0.3) is 0 Å². The monoisotopic (exact) mass is 320 g/mol. The third kappa shape index (κ3) is 3.69. The van der Waals surface area contributed by atoms with E-state index in [-0.39, 0.29) is 0 Å². The number of hydrazine groups is 1. The molecule has 3 rings (SSSR count). The highest BCUT2D eigenvalue weighted by Gasteiger charge is 2.19. The molecule has 0 radical (unpaired) electrons. The molecule has 2 aliphatic heterocycles. The van der Waals surface area contributed by atoms with E-state index >= 15 is 0 Å². The van der Waals surface area contributed by atoms with E-state index in [1.165, 1.54) is 0 Å². The molecule has 0 bridgehead atoms. The molecule has 3 heterocycles. The van der Waals surface area contributed by atoms with E-state index < -0.39 is 0 Å². The first-order chi connectivity index (χ1) is 10.6. The lowest BCUT2D eigenvalue weighted by atomic mass is 9.94. The molecule has 1 fully saturated rings. The van der Waals surface area contributed by atoms with Crippen molar-refractivity contribution >= 4 is 17.4 Å². The summed E-state index contributed by atoms with van der Waals surface area (Å²) in [5.74, 6) is 1.25. The summed E-state index contributed by atoms with van der Waals surface area (Å²) in [5, 5.41) is 14.2. The van der Waals surface area contributed by atoms with Crippen LogP contribution in [-0.2, 0) is 0 Å². The molecule has 0 unspecified atom stereocenters. The van der Waals surface area contributed by atoms with Crippen molar-refractivity contribution in [3.63, 3.8) is 0 Å². The maximum Gasteiger partial charge on any atom is 0.153 e. The van der Waals surface area contributed by atoms with Crippen LogP contribution in [0.3, 0.4) is 0 Å². The molecule has 118 valence electrons. The van der Waals surface area contributed by atoms with E-state index in [9.17, 15) is 0 Å². The number of nitrogens with zero attached hydrogens (tertiary/aromatic N) is 4. The second kappa shape index (κ2) is 6.54. The maximum atomic E-state index is 6.00. The molecular formula is C15H21ClN6. The van der Waals surface area contributed by atoms with Crippen LogP contribution in [0.5, 0.6) is 0 Å². The molecule has 1 aromatic rings. The van der Waals surface area contributed by atoms with Crippen molar-refractivity contribution in [2.45, 2.75) is 18.8 Å². The average Bonchev–Trinajstić information content (AvgIpc) is 2.48. The predicted octanol–water partition coefficient (Wildman–Crippen LogP) is 2.07. The van der Waals surface area contributed by atoms with Crippen molar-refractivity contribution in [2.75, 3.05) is 32.5 Å².